The molecule has 0 spiro atoms. The third-order valence-electron chi connectivity index (χ3n) is 5.56. The lowest BCUT2D eigenvalue weighted by Gasteiger charge is -2.24. The van der Waals surface area contributed by atoms with Crippen LogP contribution in [0, 0.1) is 0 Å². The van der Waals surface area contributed by atoms with Crippen LogP contribution in [0.2, 0.25) is 0 Å². The average Bonchev–Trinajstić information content (AvgIpc) is 3.25. The monoisotopic (exact) mass is 471 g/mol. The van der Waals surface area contributed by atoms with Crippen molar-refractivity contribution in [3.05, 3.63) is 78.2 Å². The summed E-state index contributed by atoms with van der Waals surface area (Å²) in [7, 11) is 1.80. The van der Waals surface area contributed by atoms with E-state index in [9.17, 15) is 4.79 Å². The van der Waals surface area contributed by atoms with Crippen molar-refractivity contribution in [2.75, 3.05) is 18.5 Å². The second-order valence-corrected chi connectivity index (χ2v) is 8.27. The van der Waals surface area contributed by atoms with E-state index in [1.54, 1.807) is 36.4 Å². The molecule has 0 aliphatic carbocycles. The number of aryl methyl sites for hydroxylation is 1. The van der Waals surface area contributed by atoms with Gasteiger partial charge in [-0.2, -0.15) is 5.10 Å². The van der Waals surface area contributed by atoms with Crippen molar-refractivity contribution < 1.29 is 9.53 Å². The van der Waals surface area contributed by atoms with Gasteiger partial charge in [0.15, 0.2) is 0 Å². The van der Waals surface area contributed by atoms with Crippen LogP contribution in [0.1, 0.15) is 35.9 Å². The molecule has 0 unspecified atom stereocenters. The highest BCUT2D eigenvalue weighted by Gasteiger charge is 2.17. The van der Waals surface area contributed by atoms with Crippen molar-refractivity contribution in [2.24, 2.45) is 12.0 Å². The van der Waals surface area contributed by atoms with Crippen molar-refractivity contribution >= 4 is 23.9 Å². The van der Waals surface area contributed by atoms with Gasteiger partial charge < -0.3 is 15.4 Å². The molecule has 1 aliphatic rings. The fourth-order valence-electron chi connectivity index (χ4n) is 3.84. The Kier molecular flexibility index (Phi) is 7.79. The summed E-state index contributed by atoms with van der Waals surface area (Å²) in [6.45, 7) is 7.02. The predicted octanol–water partition coefficient (Wildman–Crippen LogP) is 3.84. The molecular formula is C26H29N7O2. The highest BCUT2D eigenvalue weighted by molar-refractivity contribution is 6.04. The number of hydrogen-bond acceptors (Lipinski definition) is 7. The zero-order chi connectivity index (χ0) is 24.6. The highest BCUT2D eigenvalue weighted by atomic mass is 16.5. The van der Waals surface area contributed by atoms with Crippen LogP contribution in [0.15, 0.2) is 71.8 Å². The molecule has 9 nitrogen and oxygen atoms in total. The van der Waals surface area contributed by atoms with Crippen molar-refractivity contribution in [3.8, 4) is 11.4 Å². The number of nitrogens with zero attached hydrogens (tertiary/aromatic N) is 5. The number of rotatable bonds is 8. The van der Waals surface area contributed by atoms with Gasteiger partial charge in [0.25, 0.3) is 5.91 Å². The number of allylic oxidation sites excluding steroid dienone is 2. The van der Waals surface area contributed by atoms with Crippen molar-refractivity contribution in [1.82, 2.24) is 25.1 Å². The number of carbonyl (C=O) groups is 1. The van der Waals surface area contributed by atoms with E-state index in [1.807, 2.05) is 43.3 Å². The summed E-state index contributed by atoms with van der Waals surface area (Å²) < 4.78 is 7.08. The van der Waals surface area contributed by atoms with Crippen LogP contribution < -0.4 is 10.6 Å². The van der Waals surface area contributed by atoms with E-state index >= 15 is 0 Å². The van der Waals surface area contributed by atoms with Gasteiger partial charge in [-0.05, 0) is 62.4 Å². The van der Waals surface area contributed by atoms with E-state index in [1.165, 1.54) is 0 Å². The largest absolute Gasteiger partial charge is 0.381 e. The van der Waals surface area contributed by atoms with Crippen LogP contribution in [0.4, 0.5) is 5.69 Å². The van der Waals surface area contributed by atoms with Crippen molar-refractivity contribution in [3.63, 3.8) is 0 Å². The number of aromatic nitrogens is 4. The van der Waals surface area contributed by atoms with Crippen LogP contribution in [-0.2, 0) is 11.8 Å². The van der Waals surface area contributed by atoms with Gasteiger partial charge in [-0.1, -0.05) is 12.1 Å². The molecule has 180 valence electrons. The predicted molar refractivity (Wildman–Crippen MR) is 137 cm³/mol. The van der Waals surface area contributed by atoms with Crippen molar-refractivity contribution in [1.29, 1.82) is 0 Å². The minimum Gasteiger partial charge on any atom is -0.381 e. The topological polar surface area (TPSA) is 106 Å². The van der Waals surface area contributed by atoms with E-state index in [-0.39, 0.29) is 5.91 Å². The summed E-state index contributed by atoms with van der Waals surface area (Å²) in [6.07, 6.45) is 8.97. The van der Waals surface area contributed by atoms with Gasteiger partial charge in [0.1, 0.15) is 11.4 Å². The summed E-state index contributed by atoms with van der Waals surface area (Å²) in [5.41, 5.74) is 4.57. The van der Waals surface area contributed by atoms with Gasteiger partial charge in [-0.15, -0.1) is 0 Å². The average molecular weight is 472 g/mol. The number of pyridine rings is 2. The molecule has 0 aromatic carbocycles. The normalized spacial score (nSPS) is 15.0. The van der Waals surface area contributed by atoms with Crippen LogP contribution in [0.3, 0.4) is 0 Å². The lowest BCUT2D eigenvalue weighted by Crippen LogP contribution is -2.33. The molecule has 3 aromatic rings. The van der Waals surface area contributed by atoms with Crippen molar-refractivity contribution in [2.45, 2.75) is 25.8 Å². The maximum atomic E-state index is 13.1. The molecule has 3 aromatic heterocycles. The number of anilines is 1. The van der Waals surface area contributed by atoms with Crippen LogP contribution in [0.5, 0.6) is 0 Å². The van der Waals surface area contributed by atoms with E-state index in [4.69, 9.17) is 4.74 Å². The van der Waals surface area contributed by atoms with Gasteiger partial charge in [0.05, 0.1) is 22.8 Å². The molecule has 9 heteroatoms. The van der Waals surface area contributed by atoms with E-state index in [2.05, 4.69) is 37.4 Å². The molecule has 2 N–H and O–H groups in total. The van der Waals surface area contributed by atoms with Crippen LogP contribution >= 0.6 is 0 Å². The minimum absolute atomic E-state index is 0.302. The molecule has 1 aliphatic heterocycles. The Labute approximate surface area is 204 Å². The molecule has 1 amide bonds. The first-order chi connectivity index (χ1) is 17.0. The van der Waals surface area contributed by atoms with Crippen LogP contribution in [-0.4, -0.2) is 51.6 Å². The molecule has 0 saturated carbocycles. The molecule has 0 bridgehead atoms. The molecular weight excluding hydrogens is 442 g/mol. The number of aliphatic imine (C=N–C) groups is 1. The fraction of sp³-hybridized carbons (Fsp3) is 0.269. The number of carbonyl (C=O) groups excluding carboxylic acids is 1. The molecule has 4 heterocycles. The lowest BCUT2D eigenvalue weighted by atomic mass is 10.1. The van der Waals surface area contributed by atoms with E-state index in [0.29, 0.717) is 34.5 Å². The molecule has 1 saturated heterocycles. The summed E-state index contributed by atoms with van der Waals surface area (Å²) in [5, 5.41) is 10.9. The maximum absolute atomic E-state index is 13.1. The molecule has 1 fully saturated rings. The van der Waals surface area contributed by atoms with E-state index < -0.39 is 0 Å². The van der Waals surface area contributed by atoms with Gasteiger partial charge >= 0.3 is 0 Å². The third kappa shape index (κ3) is 6.27. The Hall–Kier alpha value is -4.11. The minimum atomic E-state index is -0.325. The summed E-state index contributed by atoms with van der Waals surface area (Å²) in [4.78, 5) is 25.9. The van der Waals surface area contributed by atoms with Gasteiger partial charge in [0, 0.05) is 44.9 Å². The number of hydrogen-bond donors (Lipinski definition) is 2. The van der Waals surface area contributed by atoms with Crippen LogP contribution in [0.25, 0.3) is 17.0 Å². The Morgan fingerprint density at radius 1 is 1.20 bits per heavy atom. The Bertz CT molecular complexity index is 1240. The molecule has 35 heavy (non-hydrogen) atoms. The van der Waals surface area contributed by atoms with Gasteiger partial charge in [0.2, 0.25) is 0 Å². The molecule has 0 atom stereocenters. The third-order valence-corrected chi connectivity index (χ3v) is 5.56. The zero-order valence-corrected chi connectivity index (χ0v) is 19.9. The SMILES string of the molecule is C=N/C=C(\C=C(/C)c1cccc(C(=O)Nc2cn(C)nc2-c2ccccn2)n1)NC1CCOCC1. The van der Waals surface area contributed by atoms with Gasteiger partial charge in [-0.25, -0.2) is 4.98 Å². The summed E-state index contributed by atoms with van der Waals surface area (Å²) >= 11 is 0. The first-order valence-electron chi connectivity index (χ1n) is 11.5. The quantitative estimate of drug-likeness (QED) is 0.382. The number of amides is 1. The second kappa shape index (κ2) is 11.3. The number of nitrogens with one attached hydrogen (secondary N) is 2. The Morgan fingerprint density at radius 3 is 2.74 bits per heavy atom. The van der Waals surface area contributed by atoms with E-state index in [0.717, 1.165) is 37.3 Å². The summed E-state index contributed by atoms with van der Waals surface area (Å²) in [5.74, 6) is -0.325. The summed E-state index contributed by atoms with van der Waals surface area (Å²) in [6, 6.07) is 11.3. The van der Waals surface area contributed by atoms with Gasteiger partial charge in [-0.3, -0.25) is 19.5 Å². The second-order valence-electron chi connectivity index (χ2n) is 8.27. The maximum Gasteiger partial charge on any atom is 0.274 e. The first kappa shape index (κ1) is 24.0. The first-order valence-corrected chi connectivity index (χ1v) is 11.5. The standard InChI is InChI=1S/C26H29N7O2/c1-18(15-20(16-27-2)29-19-10-13-35-14-11-19)21-8-6-9-23(30-21)26(34)31-24-17-33(3)32-25(24)22-7-4-5-12-28-22/h4-9,12,15-17,19,29H,2,10-11,13-14H2,1,3H3,(H,31,34)/b18-15+,20-16+. The fourth-order valence-corrected chi connectivity index (χ4v) is 3.84. The molecule has 4 rings (SSSR count). The highest BCUT2D eigenvalue weighted by Crippen LogP contribution is 2.25. The smallest absolute Gasteiger partial charge is 0.274 e. The Balaban J connectivity index is 1.52. The zero-order valence-electron chi connectivity index (χ0n) is 19.9. The lowest BCUT2D eigenvalue weighted by molar-refractivity contribution is 0.0806. The number of ether oxygens (including phenoxy) is 1. The Morgan fingerprint density at radius 2 is 2.00 bits per heavy atom. The molecule has 0 radical (unpaired) electrons.